The van der Waals surface area contributed by atoms with Crippen molar-refractivity contribution in [3.8, 4) is 0 Å². The Morgan fingerprint density at radius 2 is 2.00 bits per heavy atom. The second-order valence-electron chi connectivity index (χ2n) is 3.80. The fraction of sp³-hybridized carbons (Fsp3) is 0.889. The second kappa shape index (κ2) is 4.45. The van der Waals surface area contributed by atoms with E-state index >= 15 is 0 Å². The molecule has 0 heterocycles. The van der Waals surface area contributed by atoms with Crippen LogP contribution < -0.4 is 11.1 Å². The van der Waals surface area contributed by atoms with Gasteiger partial charge in [-0.05, 0) is 31.6 Å². The number of primary amides is 1. The van der Waals surface area contributed by atoms with Crippen molar-refractivity contribution in [3.05, 3.63) is 0 Å². The van der Waals surface area contributed by atoms with Crippen LogP contribution in [0.3, 0.4) is 0 Å². The Morgan fingerprint density at radius 1 is 1.42 bits per heavy atom. The number of hydrogen-bond acceptors (Lipinski definition) is 2. The monoisotopic (exact) mass is 170 g/mol. The summed E-state index contributed by atoms with van der Waals surface area (Å²) in [5.41, 5.74) is 5.04. The van der Waals surface area contributed by atoms with Crippen molar-refractivity contribution in [2.75, 3.05) is 6.54 Å². The lowest BCUT2D eigenvalue weighted by Crippen LogP contribution is -2.38. The van der Waals surface area contributed by atoms with E-state index in [2.05, 4.69) is 12.2 Å². The standard InChI is InChI=1S/C9H18N2O/c1-7-2-4-8(5-3-7)11-6-9(10)12/h7-8,11H,2-6H2,1H3,(H2,10,12). The van der Waals surface area contributed by atoms with Crippen LogP contribution >= 0.6 is 0 Å². The highest BCUT2D eigenvalue weighted by molar-refractivity contribution is 5.75. The molecule has 0 bridgehead atoms. The van der Waals surface area contributed by atoms with Crippen LogP contribution in [0.4, 0.5) is 0 Å². The largest absolute Gasteiger partial charge is 0.369 e. The SMILES string of the molecule is CC1CCC(NCC(N)=O)CC1. The van der Waals surface area contributed by atoms with E-state index in [0.717, 1.165) is 5.92 Å². The van der Waals surface area contributed by atoms with Crippen LogP contribution in [0.5, 0.6) is 0 Å². The Kier molecular flexibility index (Phi) is 3.53. The van der Waals surface area contributed by atoms with Crippen LogP contribution in [0.1, 0.15) is 32.6 Å². The Balaban J connectivity index is 2.13. The predicted octanol–water partition coefficient (Wildman–Crippen LogP) is 0.640. The maximum atomic E-state index is 10.5. The smallest absolute Gasteiger partial charge is 0.231 e. The van der Waals surface area contributed by atoms with Crippen LogP contribution in [0, 0.1) is 5.92 Å². The summed E-state index contributed by atoms with van der Waals surface area (Å²) in [4.78, 5) is 10.5. The van der Waals surface area contributed by atoms with Crippen molar-refractivity contribution in [2.24, 2.45) is 11.7 Å². The molecule has 0 aliphatic heterocycles. The van der Waals surface area contributed by atoms with Gasteiger partial charge in [-0.15, -0.1) is 0 Å². The molecular weight excluding hydrogens is 152 g/mol. The van der Waals surface area contributed by atoms with Crippen molar-refractivity contribution in [1.82, 2.24) is 5.32 Å². The van der Waals surface area contributed by atoms with Gasteiger partial charge in [-0.3, -0.25) is 4.79 Å². The van der Waals surface area contributed by atoms with Gasteiger partial charge in [0.2, 0.25) is 5.91 Å². The van der Waals surface area contributed by atoms with Gasteiger partial charge in [0.05, 0.1) is 6.54 Å². The first-order valence-electron chi connectivity index (χ1n) is 4.70. The summed E-state index contributed by atoms with van der Waals surface area (Å²) >= 11 is 0. The number of carbonyl (C=O) groups excluding carboxylic acids is 1. The molecule has 1 amide bonds. The van der Waals surface area contributed by atoms with Crippen molar-refractivity contribution < 1.29 is 4.79 Å². The average Bonchev–Trinajstić information content (AvgIpc) is 2.03. The number of nitrogens with one attached hydrogen (secondary N) is 1. The quantitative estimate of drug-likeness (QED) is 0.653. The third-order valence-electron chi connectivity index (χ3n) is 2.58. The molecule has 0 saturated heterocycles. The first kappa shape index (κ1) is 9.52. The molecule has 0 spiro atoms. The normalized spacial score (nSPS) is 30.1. The Labute approximate surface area is 73.7 Å². The van der Waals surface area contributed by atoms with Crippen molar-refractivity contribution in [1.29, 1.82) is 0 Å². The van der Waals surface area contributed by atoms with Crippen molar-refractivity contribution in [2.45, 2.75) is 38.6 Å². The minimum Gasteiger partial charge on any atom is -0.369 e. The van der Waals surface area contributed by atoms with E-state index in [9.17, 15) is 4.79 Å². The molecule has 0 aromatic carbocycles. The highest BCUT2D eigenvalue weighted by atomic mass is 16.1. The van der Waals surface area contributed by atoms with E-state index in [4.69, 9.17) is 5.73 Å². The minimum absolute atomic E-state index is 0.256. The summed E-state index contributed by atoms with van der Waals surface area (Å²) in [6.07, 6.45) is 4.93. The van der Waals surface area contributed by atoms with Gasteiger partial charge in [0, 0.05) is 6.04 Å². The summed E-state index contributed by atoms with van der Waals surface area (Å²) in [7, 11) is 0. The molecule has 0 aromatic heterocycles. The van der Waals surface area contributed by atoms with Crippen LogP contribution in [0.2, 0.25) is 0 Å². The van der Waals surface area contributed by atoms with Crippen LogP contribution in [0.25, 0.3) is 0 Å². The molecular formula is C9H18N2O. The molecule has 1 saturated carbocycles. The van der Waals surface area contributed by atoms with Crippen LogP contribution in [-0.2, 0) is 4.79 Å². The van der Waals surface area contributed by atoms with Crippen molar-refractivity contribution in [3.63, 3.8) is 0 Å². The lowest BCUT2D eigenvalue weighted by Gasteiger charge is -2.26. The van der Waals surface area contributed by atoms with Gasteiger partial charge in [0.1, 0.15) is 0 Å². The fourth-order valence-corrected chi connectivity index (χ4v) is 1.71. The maximum Gasteiger partial charge on any atom is 0.231 e. The van der Waals surface area contributed by atoms with E-state index in [1.54, 1.807) is 0 Å². The van der Waals surface area contributed by atoms with E-state index in [1.807, 2.05) is 0 Å². The van der Waals surface area contributed by atoms with E-state index in [0.29, 0.717) is 12.6 Å². The van der Waals surface area contributed by atoms with Gasteiger partial charge in [0.15, 0.2) is 0 Å². The molecule has 1 rings (SSSR count). The summed E-state index contributed by atoms with van der Waals surface area (Å²) in [6, 6.07) is 0.522. The predicted molar refractivity (Wildman–Crippen MR) is 48.6 cm³/mol. The highest BCUT2D eigenvalue weighted by Gasteiger charge is 2.17. The molecule has 0 atom stereocenters. The fourth-order valence-electron chi connectivity index (χ4n) is 1.71. The third-order valence-corrected chi connectivity index (χ3v) is 2.58. The van der Waals surface area contributed by atoms with Gasteiger partial charge < -0.3 is 11.1 Å². The Bertz CT molecular complexity index is 151. The molecule has 70 valence electrons. The van der Waals surface area contributed by atoms with E-state index < -0.39 is 0 Å². The van der Waals surface area contributed by atoms with Crippen molar-refractivity contribution >= 4 is 5.91 Å². The lowest BCUT2D eigenvalue weighted by molar-refractivity contribution is -0.117. The first-order chi connectivity index (χ1) is 5.68. The summed E-state index contributed by atoms with van der Waals surface area (Å²) in [6.45, 7) is 2.61. The summed E-state index contributed by atoms with van der Waals surface area (Å²) < 4.78 is 0. The van der Waals surface area contributed by atoms with Crippen LogP contribution in [-0.4, -0.2) is 18.5 Å². The molecule has 1 aliphatic carbocycles. The molecule has 0 aromatic rings. The molecule has 3 N–H and O–H groups in total. The highest BCUT2D eigenvalue weighted by Crippen LogP contribution is 2.22. The molecule has 1 aliphatic rings. The van der Waals surface area contributed by atoms with E-state index in [-0.39, 0.29) is 5.91 Å². The van der Waals surface area contributed by atoms with E-state index in [1.165, 1.54) is 25.7 Å². The molecule has 3 nitrogen and oxygen atoms in total. The Hall–Kier alpha value is -0.570. The van der Waals surface area contributed by atoms with Gasteiger partial charge in [-0.2, -0.15) is 0 Å². The molecule has 1 fully saturated rings. The Morgan fingerprint density at radius 3 is 2.50 bits per heavy atom. The number of nitrogens with two attached hydrogens (primary N) is 1. The minimum atomic E-state index is -0.256. The average molecular weight is 170 g/mol. The number of amides is 1. The zero-order valence-electron chi connectivity index (χ0n) is 7.68. The summed E-state index contributed by atoms with van der Waals surface area (Å²) in [5, 5.41) is 3.17. The second-order valence-corrected chi connectivity index (χ2v) is 3.80. The molecule has 3 heteroatoms. The zero-order chi connectivity index (χ0) is 8.97. The number of rotatable bonds is 3. The zero-order valence-corrected chi connectivity index (χ0v) is 7.68. The van der Waals surface area contributed by atoms with Gasteiger partial charge in [0.25, 0.3) is 0 Å². The molecule has 0 radical (unpaired) electrons. The molecule has 12 heavy (non-hydrogen) atoms. The van der Waals surface area contributed by atoms with Gasteiger partial charge >= 0.3 is 0 Å². The summed E-state index contributed by atoms with van der Waals surface area (Å²) in [5.74, 6) is 0.602. The number of hydrogen-bond donors (Lipinski definition) is 2. The van der Waals surface area contributed by atoms with Crippen LogP contribution in [0.15, 0.2) is 0 Å². The topological polar surface area (TPSA) is 55.1 Å². The number of carbonyl (C=O) groups is 1. The van der Waals surface area contributed by atoms with Gasteiger partial charge in [-0.25, -0.2) is 0 Å². The van der Waals surface area contributed by atoms with Gasteiger partial charge in [-0.1, -0.05) is 6.92 Å². The third kappa shape index (κ3) is 3.22. The maximum absolute atomic E-state index is 10.5. The first-order valence-corrected chi connectivity index (χ1v) is 4.70. The lowest BCUT2D eigenvalue weighted by atomic mass is 9.87. The molecule has 0 unspecified atom stereocenters.